The molecule has 0 aromatic heterocycles. The second-order valence-electron chi connectivity index (χ2n) is 17.0. The Morgan fingerprint density at radius 3 is 1.58 bits per heavy atom. The molecular formula is C46H89NO8. The Morgan fingerprint density at radius 1 is 0.655 bits per heavy atom. The molecule has 9 heteroatoms. The fraction of sp³-hybridized carbons (Fsp3) is 0.935. The van der Waals surface area contributed by atoms with Crippen LogP contribution < -0.4 is 5.32 Å². The number of ether oxygens (including phenoxy) is 2. The minimum absolute atomic E-state index is 0.175. The van der Waals surface area contributed by atoms with Gasteiger partial charge in [-0.2, -0.15) is 0 Å². The first-order chi connectivity index (χ1) is 26.7. The van der Waals surface area contributed by atoms with Gasteiger partial charge in [-0.25, -0.2) is 0 Å². The summed E-state index contributed by atoms with van der Waals surface area (Å²) in [5, 5.41) is 54.1. The Kier molecular flexibility index (Phi) is 34.0. The SMILES string of the molecule is CCCCCCCCCCCCCCCCCCCCCCC(=O)N[C@@H](CO[C@@H]1O[C@H](CO)[C@@H](O)[C@H](O)[C@H]1O)[C@H](O)/C=C/CCCCCCCCCC(C)C. The summed E-state index contributed by atoms with van der Waals surface area (Å²) >= 11 is 0. The van der Waals surface area contributed by atoms with Gasteiger partial charge in [0.1, 0.15) is 24.4 Å². The fourth-order valence-electron chi connectivity index (χ4n) is 7.52. The maximum absolute atomic E-state index is 12.9. The summed E-state index contributed by atoms with van der Waals surface area (Å²) in [7, 11) is 0. The molecule has 0 aromatic rings. The summed E-state index contributed by atoms with van der Waals surface area (Å²) in [6.07, 6.45) is 32.7. The molecule has 1 fully saturated rings. The molecule has 1 amide bonds. The Labute approximate surface area is 337 Å². The van der Waals surface area contributed by atoms with Crippen LogP contribution in [0.2, 0.25) is 0 Å². The highest BCUT2D eigenvalue weighted by atomic mass is 16.7. The third-order valence-corrected chi connectivity index (χ3v) is 11.3. The largest absolute Gasteiger partial charge is 0.394 e. The summed E-state index contributed by atoms with van der Waals surface area (Å²) in [6, 6.07) is -0.799. The Balaban J connectivity index is 2.30. The number of rotatable bonds is 38. The number of hydrogen-bond donors (Lipinski definition) is 6. The summed E-state index contributed by atoms with van der Waals surface area (Å²) in [5.74, 6) is 0.605. The van der Waals surface area contributed by atoms with Crippen LogP contribution in [0.4, 0.5) is 0 Å². The summed E-state index contributed by atoms with van der Waals surface area (Å²) in [6.45, 7) is 6.08. The molecule has 1 aliphatic heterocycles. The predicted molar refractivity (Wildman–Crippen MR) is 226 cm³/mol. The molecule has 0 saturated carbocycles. The van der Waals surface area contributed by atoms with Crippen LogP contribution in [0.25, 0.3) is 0 Å². The Morgan fingerprint density at radius 2 is 1.11 bits per heavy atom. The molecule has 7 atom stereocenters. The number of hydrogen-bond acceptors (Lipinski definition) is 8. The zero-order valence-electron chi connectivity index (χ0n) is 35.9. The van der Waals surface area contributed by atoms with Crippen molar-refractivity contribution in [1.82, 2.24) is 5.32 Å². The molecule has 326 valence electrons. The minimum Gasteiger partial charge on any atom is -0.394 e. The van der Waals surface area contributed by atoms with Gasteiger partial charge in [0.2, 0.25) is 5.91 Å². The molecule has 0 radical (unpaired) electrons. The topological polar surface area (TPSA) is 149 Å². The number of carbonyl (C=O) groups excluding carboxylic acids is 1. The van der Waals surface area contributed by atoms with Crippen molar-refractivity contribution in [2.24, 2.45) is 5.92 Å². The van der Waals surface area contributed by atoms with E-state index in [4.69, 9.17) is 9.47 Å². The van der Waals surface area contributed by atoms with Gasteiger partial charge >= 0.3 is 0 Å². The Hall–Kier alpha value is -1.07. The fourth-order valence-corrected chi connectivity index (χ4v) is 7.52. The monoisotopic (exact) mass is 784 g/mol. The highest BCUT2D eigenvalue weighted by Gasteiger charge is 2.44. The van der Waals surface area contributed by atoms with Crippen molar-refractivity contribution in [3.8, 4) is 0 Å². The highest BCUT2D eigenvalue weighted by molar-refractivity contribution is 5.76. The predicted octanol–water partition coefficient (Wildman–Crippen LogP) is 9.58. The summed E-state index contributed by atoms with van der Waals surface area (Å²) in [4.78, 5) is 12.9. The van der Waals surface area contributed by atoms with Crippen LogP contribution in [-0.4, -0.2) is 87.5 Å². The molecule has 0 aromatic carbocycles. The number of aliphatic hydroxyl groups excluding tert-OH is 5. The van der Waals surface area contributed by atoms with Crippen molar-refractivity contribution in [1.29, 1.82) is 0 Å². The molecule has 1 aliphatic rings. The van der Waals surface area contributed by atoms with Crippen LogP contribution in [0.5, 0.6) is 0 Å². The maximum atomic E-state index is 12.9. The van der Waals surface area contributed by atoms with Crippen LogP contribution in [0, 0.1) is 5.92 Å². The minimum atomic E-state index is -1.56. The van der Waals surface area contributed by atoms with Crippen LogP contribution in [0.15, 0.2) is 12.2 Å². The van der Waals surface area contributed by atoms with E-state index in [1.807, 2.05) is 6.08 Å². The normalized spacial score (nSPS) is 21.4. The quantitative estimate of drug-likeness (QED) is 0.0268. The van der Waals surface area contributed by atoms with E-state index >= 15 is 0 Å². The average Bonchev–Trinajstić information content (AvgIpc) is 3.17. The first-order valence-corrected chi connectivity index (χ1v) is 23.3. The number of allylic oxidation sites excluding steroid dienone is 1. The van der Waals surface area contributed by atoms with Gasteiger partial charge in [0, 0.05) is 6.42 Å². The van der Waals surface area contributed by atoms with E-state index in [2.05, 4.69) is 26.1 Å². The molecule has 9 nitrogen and oxygen atoms in total. The molecule has 0 aliphatic carbocycles. The zero-order chi connectivity index (χ0) is 40.4. The van der Waals surface area contributed by atoms with Crippen molar-refractivity contribution in [2.45, 2.75) is 256 Å². The van der Waals surface area contributed by atoms with Gasteiger partial charge in [0.25, 0.3) is 0 Å². The molecule has 0 unspecified atom stereocenters. The molecule has 1 heterocycles. The molecule has 6 N–H and O–H groups in total. The van der Waals surface area contributed by atoms with E-state index < -0.39 is 49.5 Å². The number of nitrogens with one attached hydrogen (secondary N) is 1. The lowest BCUT2D eigenvalue weighted by atomic mass is 9.99. The van der Waals surface area contributed by atoms with E-state index in [9.17, 15) is 30.3 Å². The molecule has 55 heavy (non-hydrogen) atoms. The number of aliphatic hydroxyl groups is 5. The van der Waals surface area contributed by atoms with Crippen LogP contribution >= 0.6 is 0 Å². The van der Waals surface area contributed by atoms with Gasteiger partial charge in [0.05, 0.1) is 25.4 Å². The van der Waals surface area contributed by atoms with Gasteiger partial charge in [0.15, 0.2) is 6.29 Å². The van der Waals surface area contributed by atoms with Crippen LogP contribution in [0.1, 0.15) is 213 Å². The van der Waals surface area contributed by atoms with Crippen LogP contribution in [-0.2, 0) is 14.3 Å². The highest BCUT2D eigenvalue weighted by Crippen LogP contribution is 2.23. The summed E-state index contributed by atoms with van der Waals surface area (Å²) in [5.41, 5.74) is 0. The number of amides is 1. The molecule has 1 saturated heterocycles. The number of unbranched alkanes of at least 4 members (excludes halogenated alkanes) is 26. The standard InChI is InChI=1S/C46H89NO8/c1-4-5-6-7-8-9-10-11-12-13-14-15-16-17-18-19-23-26-29-32-35-42(50)47-39(37-54-46-45(53)44(52)43(51)41(36-48)55-46)40(49)34-31-28-25-22-20-21-24-27-30-33-38(2)3/h31,34,38-41,43-46,48-49,51-53H,4-30,32-33,35-37H2,1-3H3,(H,47,50)/b34-31+/t39-,40+,41+,43+,44-,45+,46+/m0/s1. The van der Waals surface area contributed by atoms with E-state index in [1.54, 1.807) is 6.08 Å². The molecule has 1 rings (SSSR count). The zero-order valence-corrected chi connectivity index (χ0v) is 35.9. The average molecular weight is 784 g/mol. The lowest BCUT2D eigenvalue weighted by Gasteiger charge is -2.40. The smallest absolute Gasteiger partial charge is 0.220 e. The maximum Gasteiger partial charge on any atom is 0.220 e. The van der Waals surface area contributed by atoms with E-state index in [-0.39, 0.29) is 12.5 Å². The third-order valence-electron chi connectivity index (χ3n) is 11.3. The van der Waals surface area contributed by atoms with Gasteiger partial charge in [-0.05, 0) is 25.2 Å². The van der Waals surface area contributed by atoms with E-state index in [0.29, 0.717) is 6.42 Å². The lowest BCUT2D eigenvalue weighted by molar-refractivity contribution is -0.302. The van der Waals surface area contributed by atoms with Gasteiger partial charge in [-0.1, -0.05) is 200 Å². The van der Waals surface area contributed by atoms with Gasteiger partial charge < -0.3 is 40.3 Å². The van der Waals surface area contributed by atoms with Crippen molar-refractivity contribution >= 4 is 5.91 Å². The number of carbonyl (C=O) groups is 1. The second kappa shape index (κ2) is 36.0. The van der Waals surface area contributed by atoms with E-state index in [1.165, 1.54) is 148 Å². The van der Waals surface area contributed by atoms with E-state index in [0.717, 1.165) is 44.4 Å². The van der Waals surface area contributed by atoms with Gasteiger partial charge in [-0.15, -0.1) is 0 Å². The Bertz CT molecular complexity index is 886. The first-order valence-electron chi connectivity index (χ1n) is 23.3. The lowest BCUT2D eigenvalue weighted by Crippen LogP contribution is -2.60. The van der Waals surface area contributed by atoms with Gasteiger partial charge in [-0.3, -0.25) is 4.79 Å². The molecule has 0 spiro atoms. The van der Waals surface area contributed by atoms with Crippen molar-refractivity contribution in [2.75, 3.05) is 13.2 Å². The van der Waals surface area contributed by atoms with Crippen LogP contribution in [0.3, 0.4) is 0 Å². The molecular weight excluding hydrogens is 695 g/mol. The second-order valence-corrected chi connectivity index (χ2v) is 17.0. The first kappa shape index (κ1) is 51.9. The summed E-state index contributed by atoms with van der Waals surface area (Å²) < 4.78 is 11.2. The molecule has 0 bridgehead atoms. The third kappa shape index (κ3) is 28.1. The van der Waals surface area contributed by atoms with Crippen molar-refractivity contribution in [3.05, 3.63) is 12.2 Å². The van der Waals surface area contributed by atoms with Crippen molar-refractivity contribution in [3.63, 3.8) is 0 Å². The van der Waals surface area contributed by atoms with Crippen molar-refractivity contribution < 1.29 is 39.8 Å².